The second-order valence-electron chi connectivity index (χ2n) is 3.79. The van der Waals surface area contributed by atoms with Gasteiger partial charge in [-0.2, -0.15) is 0 Å². The molecule has 1 amide bonds. The molecule has 0 radical (unpaired) electrons. The monoisotopic (exact) mass is 275 g/mol. The van der Waals surface area contributed by atoms with Crippen LogP contribution < -0.4 is 5.32 Å². The van der Waals surface area contributed by atoms with Crippen molar-refractivity contribution < 1.29 is 9.90 Å². The Bertz CT molecular complexity index is 607. The van der Waals surface area contributed by atoms with Gasteiger partial charge in [0.25, 0.3) is 5.91 Å². The molecule has 1 unspecified atom stereocenters. The largest absolute Gasteiger partial charge is 0.384 e. The summed E-state index contributed by atoms with van der Waals surface area (Å²) in [6.45, 7) is 1.63. The van der Waals surface area contributed by atoms with Gasteiger partial charge in [0.2, 0.25) is 0 Å². The van der Waals surface area contributed by atoms with Crippen LogP contribution in [-0.2, 0) is 0 Å². The Labute approximate surface area is 114 Å². The van der Waals surface area contributed by atoms with Gasteiger partial charge in [-0.15, -0.1) is 11.3 Å². The van der Waals surface area contributed by atoms with E-state index in [1.54, 1.807) is 23.8 Å². The number of aromatic nitrogens is 2. The fourth-order valence-corrected chi connectivity index (χ4v) is 2.32. The summed E-state index contributed by atoms with van der Waals surface area (Å²) in [4.78, 5) is 19.7. The van der Waals surface area contributed by atoms with E-state index < -0.39 is 0 Å². The third-order valence-corrected chi connectivity index (χ3v) is 3.36. The molecule has 0 aliphatic carbocycles. The minimum absolute atomic E-state index is 0.193. The van der Waals surface area contributed by atoms with E-state index in [1.807, 2.05) is 6.92 Å². The standard InChI is InChI=1S/C13H13N3O2S/c1-9(12-14-5-6-15-12)16-13(18)11-10(3-2-7-17)4-8-19-11/h4-6,8-9,17H,7H2,1H3,(H,14,15)(H,16,18). The van der Waals surface area contributed by atoms with Crippen LogP contribution in [0.5, 0.6) is 0 Å². The molecule has 6 heteroatoms. The zero-order valence-electron chi connectivity index (χ0n) is 10.3. The minimum atomic E-state index is -0.223. The maximum absolute atomic E-state index is 12.1. The topological polar surface area (TPSA) is 78.0 Å². The molecule has 0 saturated carbocycles. The van der Waals surface area contributed by atoms with Crippen LogP contribution >= 0.6 is 11.3 Å². The highest BCUT2D eigenvalue weighted by Gasteiger charge is 2.16. The van der Waals surface area contributed by atoms with Gasteiger partial charge in [-0.1, -0.05) is 11.8 Å². The Hall–Kier alpha value is -2.10. The van der Waals surface area contributed by atoms with Crippen molar-refractivity contribution in [3.8, 4) is 11.8 Å². The van der Waals surface area contributed by atoms with Crippen molar-refractivity contribution in [1.82, 2.24) is 15.3 Å². The van der Waals surface area contributed by atoms with Gasteiger partial charge in [-0.25, -0.2) is 4.98 Å². The molecule has 2 aromatic rings. The summed E-state index contributed by atoms with van der Waals surface area (Å²) in [5.74, 6) is 5.81. The normalized spacial score (nSPS) is 11.5. The first-order chi connectivity index (χ1) is 9.22. The molecule has 0 spiro atoms. The van der Waals surface area contributed by atoms with Gasteiger partial charge in [-0.05, 0) is 18.4 Å². The van der Waals surface area contributed by atoms with Crippen LogP contribution in [-0.4, -0.2) is 27.6 Å². The van der Waals surface area contributed by atoms with Crippen LogP contribution in [0.15, 0.2) is 23.8 Å². The quantitative estimate of drug-likeness (QED) is 0.739. The van der Waals surface area contributed by atoms with Crippen molar-refractivity contribution in [2.75, 3.05) is 6.61 Å². The lowest BCUT2D eigenvalue weighted by atomic mass is 10.2. The van der Waals surface area contributed by atoms with Crippen molar-refractivity contribution in [2.45, 2.75) is 13.0 Å². The van der Waals surface area contributed by atoms with Crippen molar-refractivity contribution in [3.05, 3.63) is 40.1 Å². The Morgan fingerprint density at radius 3 is 3.21 bits per heavy atom. The van der Waals surface area contributed by atoms with Crippen molar-refractivity contribution in [2.24, 2.45) is 0 Å². The van der Waals surface area contributed by atoms with Gasteiger partial charge in [-0.3, -0.25) is 4.79 Å². The minimum Gasteiger partial charge on any atom is -0.384 e. The zero-order chi connectivity index (χ0) is 13.7. The van der Waals surface area contributed by atoms with E-state index in [1.165, 1.54) is 11.3 Å². The number of hydrogen-bond donors (Lipinski definition) is 3. The summed E-state index contributed by atoms with van der Waals surface area (Å²) in [7, 11) is 0. The fourth-order valence-electron chi connectivity index (χ4n) is 1.56. The van der Waals surface area contributed by atoms with E-state index >= 15 is 0 Å². The van der Waals surface area contributed by atoms with Crippen molar-refractivity contribution >= 4 is 17.2 Å². The Kier molecular flexibility index (Phi) is 4.34. The van der Waals surface area contributed by atoms with E-state index in [0.717, 1.165) is 0 Å². The highest BCUT2D eigenvalue weighted by atomic mass is 32.1. The summed E-state index contributed by atoms with van der Waals surface area (Å²) in [6.07, 6.45) is 3.35. The Balaban J connectivity index is 2.10. The summed E-state index contributed by atoms with van der Waals surface area (Å²) in [6, 6.07) is 1.56. The summed E-state index contributed by atoms with van der Waals surface area (Å²) >= 11 is 1.32. The van der Waals surface area contributed by atoms with Crippen LogP contribution in [0.4, 0.5) is 0 Å². The molecular formula is C13H13N3O2S. The number of rotatable bonds is 3. The number of aliphatic hydroxyl groups excluding tert-OH is 1. The van der Waals surface area contributed by atoms with Gasteiger partial charge >= 0.3 is 0 Å². The molecule has 0 bridgehead atoms. The van der Waals surface area contributed by atoms with E-state index in [2.05, 4.69) is 27.1 Å². The highest BCUT2D eigenvalue weighted by molar-refractivity contribution is 7.12. The summed E-state index contributed by atoms with van der Waals surface area (Å²) in [5, 5.41) is 13.3. The second-order valence-corrected chi connectivity index (χ2v) is 4.71. The molecule has 5 nitrogen and oxygen atoms in total. The molecule has 0 aliphatic rings. The second kappa shape index (κ2) is 6.18. The molecule has 2 heterocycles. The van der Waals surface area contributed by atoms with E-state index in [-0.39, 0.29) is 18.6 Å². The first-order valence-corrected chi connectivity index (χ1v) is 6.57. The molecule has 2 rings (SSSR count). The number of H-pyrrole nitrogens is 1. The summed E-state index contributed by atoms with van der Waals surface area (Å²) < 4.78 is 0. The molecule has 2 aromatic heterocycles. The first kappa shape index (κ1) is 13.3. The Morgan fingerprint density at radius 2 is 2.53 bits per heavy atom. The number of hydrogen-bond acceptors (Lipinski definition) is 4. The number of aliphatic hydroxyl groups is 1. The Morgan fingerprint density at radius 1 is 1.68 bits per heavy atom. The van der Waals surface area contributed by atoms with Crippen molar-refractivity contribution in [1.29, 1.82) is 0 Å². The van der Waals surface area contributed by atoms with Gasteiger partial charge in [0.15, 0.2) is 0 Å². The SMILES string of the molecule is CC(NC(=O)c1sccc1C#CCO)c1ncc[nH]1. The average Bonchev–Trinajstić information content (AvgIpc) is 3.07. The van der Waals surface area contributed by atoms with Crippen LogP contribution in [0.25, 0.3) is 0 Å². The maximum atomic E-state index is 12.1. The number of carbonyl (C=O) groups is 1. The number of aromatic amines is 1. The first-order valence-electron chi connectivity index (χ1n) is 5.69. The van der Waals surface area contributed by atoms with Crippen LogP contribution in [0.3, 0.4) is 0 Å². The van der Waals surface area contributed by atoms with Crippen LogP contribution in [0.2, 0.25) is 0 Å². The van der Waals surface area contributed by atoms with Crippen LogP contribution in [0, 0.1) is 11.8 Å². The number of carbonyl (C=O) groups excluding carboxylic acids is 1. The lowest BCUT2D eigenvalue weighted by Gasteiger charge is -2.10. The maximum Gasteiger partial charge on any atom is 0.263 e. The lowest BCUT2D eigenvalue weighted by molar-refractivity contribution is 0.0942. The fraction of sp³-hybridized carbons (Fsp3) is 0.231. The molecule has 0 saturated heterocycles. The van der Waals surface area contributed by atoms with Crippen molar-refractivity contribution in [3.63, 3.8) is 0 Å². The van der Waals surface area contributed by atoms with E-state index in [4.69, 9.17) is 5.11 Å². The molecule has 98 valence electrons. The smallest absolute Gasteiger partial charge is 0.263 e. The third kappa shape index (κ3) is 3.22. The van der Waals surface area contributed by atoms with Gasteiger partial charge in [0.1, 0.15) is 17.3 Å². The lowest BCUT2D eigenvalue weighted by Crippen LogP contribution is -2.27. The summed E-state index contributed by atoms with van der Waals surface area (Å²) in [5.41, 5.74) is 0.628. The number of nitrogens with one attached hydrogen (secondary N) is 2. The van der Waals surface area contributed by atoms with E-state index in [9.17, 15) is 4.79 Å². The van der Waals surface area contributed by atoms with Gasteiger partial charge in [0.05, 0.1) is 6.04 Å². The number of nitrogens with zero attached hydrogens (tertiary/aromatic N) is 1. The highest BCUT2D eigenvalue weighted by Crippen LogP contribution is 2.17. The molecule has 0 aromatic carbocycles. The number of thiophene rings is 1. The number of imidazole rings is 1. The molecule has 1 atom stereocenters. The molecule has 3 N–H and O–H groups in total. The molecular weight excluding hydrogens is 262 g/mol. The molecule has 19 heavy (non-hydrogen) atoms. The number of amides is 1. The predicted octanol–water partition coefficient (Wildman–Crippen LogP) is 1.31. The van der Waals surface area contributed by atoms with E-state index in [0.29, 0.717) is 16.3 Å². The van der Waals surface area contributed by atoms with Crippen LogP contribution in [0.1, 0.15) is 34.0 Å². The molecule has 0 aliphatic heterocycles. The van der Waals surface area contributed by atoms with Gasteiger partial charge in [0, 0.05) is 18.0 Å². The third-order valence-electron chi connectivity index (χ3n) is 2.45. The average molecular weight is 275 g/mol. The predicted molar refractivity (Wildman–Crippen MR) is 72.8 cm³/mol. The zero-order valence-corrected chi connectivity index (χ0v) is 11.1. The van der Waals surface area contributed by atoms with Gasteiger partial charge < -0.3 is 15.4 Å². The molecule has 0 fully saturated rings.